The van der Waals surface area contributed by atoms with Crippen molar-refractivity contribution in [3.05, 3.63) is 46.0 Å². The lowest BCUT2D eigenvalue weighted by atomic mass is 10.1. The molecule has 0 radical (unpaired) electrons. The lowest BCUT2D eigenvalue weighted by Gasteiger charge is -2.15. The zero-order valence-corrected chi connectivity index (χ0v) is 14.2. The number of aromatic hydroxyl groups is 2. The number of rotatable bonds is 2. The van der Waals surface area contributed by atoms with Crippen molar-refractivity contribution < 1.29 is 18.6 Å². The molecule has 22 heavy (non-hydrogen) atoms. The third kappa shape index (κ3) is 2.46. The van der Waals surface area contributed by atoms with Crippen molar-refractivity contribution in [1.82, 2.24) is 0 Å². The van der Waals surface area contributed by atoms with Crippen LogP contribution in [0.25, 0.3) is 0 Å². The smallest absolute Gasteiger partial charge is 0.207 e. The van der Waals surface area contributed by atoms with E-state index in [4.69, 9.17) is 0 Å². The summed E-state index contributed by atoms with van der Waals surface area (Å²) in [5.74, 6) is -0.0672. The minimum atomic E-state index is -3.82. The summed E-state index contributed by atoms with van der Waals surface area (Å²) in [6.07, 6.45) is 0. The van der Waals surface area contributed by atoms with Crippen LogP contribution in [0.1, 0.15) is 27.8 Å². The number of phenols is 2. The molecule has 0 aliphatic rings. The summed E-state index contributed by atoms with van der Waals surface area (Å²) in [5, 5.41) is 20.0. The second kappa shape index (κ2) is 5.32. The molecule has 0 aliphatic heterocycles. The Morgan fingerprint density at radius 2 is 1.32 bits per heavy atom. The average Bonchev–Trinajstić information content (AvgIpc) is 2.44. The highest BCUT2D eigenvalue weighted by molar-refractivity contribution is 7.91. The summed E-state index contributed by atoms with van der Waals surface area (Å²) in [7, 11) is -3.82. The fourth-order valence-corrected chi connectivity index (χ4v) is 4.32. The molecule has 0 saturated heterocycles. The van der Waals surface area contributed by atoms with Crippen molar-refractivity contribution in [3.8, 4) is 11.5 Å². The Labute approximate surface area is 131 Å². The van der Waals surface area contributed by atoms with Crippen molar-refractivity contribution in [2.24, 2.45) is 0 Å². The van der Waals surface area contributed by atoms with E-state index in [2.05, 4.69) is 0 Å². The Morgan fingerprint density at radius 3 is 1.91 bits per heavy atom. The number of hydrogen-bond donors (Lipinski definition) is 2. The summed E-state index contributed by atoms with van der Waals surface area (Å²) < 4.78 is 25.9. The first-order valence-corrected chi connectivity index (χ1v) is 8.40. The largest absolute Gasteiger partial charge is 0.508 e. The molecule has 0 atom stereocenters. The molecular formula is C17H20O4S. The van der Waals surface area contributed by atoms with Gasteiger partial charge in [-0.1, -0.05) is 6.07 Å². The standard InChI is InChI=1S/C17H20O4S/c1-9-7-16(13(5)17(19)12(9)4)22(20,21)15-8-14(18)10(2)6-11(15)3/h6-8,18-19H,1-5H3. The van der Waals surface area contributed by atoms with Crippen LogP contribution in [0.3, 0.4) is 0 Å². The van der Waals surface area contributed by atoms with E-state index in [1.54, 1.807) is 46.8 Å². The third-order valence-corrected chi connectivity index (χ3v) is 6.11. The van der Waals surface area contributed by atoms with E-state index >= 15 is 0 Å². The van der Waals surface area contributed by atoms with Crippen LogP contribution in [-0.4, -0.2) is 18.6 Å². The average molecular weight is 320 g/mol. The molecule has 0 aliphatic carbocycles. The minimum absolute atomic E-state index is 0.00689. The number of hydrogen-bond acceptors (Lipinski definition) is 4. The van der Waals surface area contributed by atoms with E-state index in [1.165, 1.54) is 6.07 Å². The molecule has 0 aromatic heterocycles. The molecule has 2 N–H and O–H groups in total. The molecule has 2 rings (SSSR count). The Balaban J connectivity index is 2.80. The number of aryl methyl sites for hydroxylation is 3. The Kier molecular flexibility index (Phi) is 3.96. The first-order valence-electron chi connectivity index (χ1n) is 6.92. The van der Waals surface area contributed by atoms with Crippen LogP contribution in [0.5, 0.6) is 11.5 Å². The van der Waals surface area contributed by atoms with Gasteiger partial charge in [0.05, 0.1) is 9.79 Å². The van der Waals surface area contributed by atoms with Gasteiger partial charge in [-0.2, -0.15) is 0 Å². The lowest BCUT2D eigenvalue weighted by Crippen LogP contribution is -2.08. The zero-order valence-electron chi connectivity index (χ0n) is 13.4. The second-order valence-corrected chi connectivity index (χ2v) is 7.58. The van der Waals surface area contributed by atoms with Crippen LogP contribution in [0.2, 0.25) is 0 Å². The molecule has 4 nitrogen and oxygen atoms in total. The summed E-state index contributed by atoms with van der Waals surface area (Å²) in [4.78, 5) is 0.126. The van der Waals surface area contributed by atoms with Crippen LogP contribution < -0.4 is 0 Å². The normalized spacial score (nSPS) is 11.7. The van der Waals surface area contributed by atoms with Crippen molar-refractivity contribution in [2.45, 2.75) is 44.4 Å². The van der Waals surface area contributed by atoms with Gasteiger partial charge in [0, 0.05) is 5.56 Å². The van der Waals surface area contributed by atoms with Gasteiger partial charge in [-0.25, -0.2) is 8.42 Å². The van der Waals surface area contributed by atoms with E-state index < -0.39 is 9.84 Å². The van der Waals surface area contributed by atoms with E-state index in [9.17, 15) is 18.6 Å². The Hall–Kier alpha value is -2.01. The minimum Gasteiger partial charge on any atom is -0.508 e. The molecule has 2 aromatic carbocycles. The predicted octanol–water partition coefficient (Wildman–Crippen LogP) is 3.47. The molecule has 0 fully saturated rings. The van der Waals surface area contributed by atoms with Crippen LogP contribution >= 0.6 is 0 Å². The molecule has 0 spiro atoms. The molecule has 5 heteroatoms. The highest BCUT2D eigenvalue weighted by Gasteiger charge is 2.25. The SMILES string of the molecule is Cc1cc(C)c(S(=O)(=O)c2cc(C)c(C)c(O)c2C)cc1O. The van der Waals surface area contributed by atoms with E-state index in [0.29, 0.717) is 27.8 Å². The lowest BCUT2D eigenvalue weighted by molar-refractivity contribution is 0.463. The van der Waals surface area contributed by atoms with Crippen molar-refractivity contribution in [3.63, 3.8) is 0 Å². The first kappa shape index (κ1) is 16.4. The molecular weight excluding hydrogens is 300 g/mol. The molecule has 0 saturated carbocycles. The van der Waals surface area contributed by atoms with Gasteiger partial charge in [-0.3, -0.25) is 0 Å². The van der Waals surface area contributed by atoms with Crippen LogP contribution in [0.15, 0.2) is 28.0 Å². The summed E-state index contributed by atoms with van der Waals surface area (Å²) in [6, 6.07) is 4.47. The molecule has 0 bridgehead atoms. The van der Waals surface area contributed by atoms with E-state index in [0.717, 1.165) is 0 Å². The monoisotopic (exact) mass is 320 g/mol. The van der Waals surface area contributed by atoms with Gasteiger partial charge in [-0.15, -0.1) is 0 Å². The van der Waals surface area contributed by atoms with Crippen molar-refractivity contribution in [2.75, 3.05) is 0 Å². The van der Waals surface area contributed by atoms with Crippen LogP contribution in [0.4, 0.5) is 0 Å². The highest BCUT2D eigenvalue weighted by atomic mass is 32.2. The van der Waals surface area contributed by atoms with Gasteiger partial charge >= 0.3 is 0 Å². The molecule has 2 aromatic rings. The quantitative estimate of drug-likeness (QED) is 0.888. The van der Waals surface area contributed by atoms with Gasteiger partial charge in [0.2, 0.25) is 9.84 Å². The molecule has 0 unspecified atom stereocenters. The van der Waals surface area contributed by atoms with Gasteiger partial charge < -0.3 is 10.2 Å². The first-order chi connectivity index (χ1) is 10.1. The molecule has 0 amide bonds. The maximum absolute atomic E-state index is 12.9. The topological polar surface area (TPSA) is 74.6 Å². The fourth-order valence-electron chi connectivity index (χ4n) is 2.51. The maximum atomic E-state index is 12.9. The summed E-state index contributed by atoms with van der Waals surface area (Å²) >= 11 is 0. The maximum Gasteiger partial charge on any atom is 0.207 e. The summed E-state index contributed by atoms with van der Waals surface area (Å²) in [5.41, 5.74) is 2.88. The predicted molar refractivity (Wildman–Crippen MR) is 85.4 cm³/mol. The zero-order chi connectivity index (χ0) is 16.8. The van der Waals surface area contributed by atoms with Crippen molar-refractivity contribution >= 4 is 9.84 Å². The molecule has 118 valence electrons. The third-order valence-electron chi connectivity index (χ3n) is 4.09. The van der Waals surface area contributed by atoms with E-state index in [1.807, 2.05) is 0 Å². The van der Waals surface area contributed by atoms with Crippen LogP contribution in [-0.2, 0) is 9.84 Å². The Bertz CT molecular complexity index is 865. The number of phenolic OH excluding ortho intramolecular Hbond substituents is 2. The van der Waals surface area contributed by atoms with Gasteiger partial charge in [0.1, 0.15) is 11.5 Å². The summed E-state index contributed by atoms with van der Waals surface area (Å²) in [6.45, 7) is 8.49. The molecule has 0 heterocycles. The van der Waals surface area contributed by atoms with Gasteiger partial charge in [0.25, 0.3) is 0 Å². The number of sulfone groups is 1. The van der Waals surface area contributed by atoms with Crippen molar-refractivity contribution in [1.29, 1.82) is 0 Å². The van der Waals surface area contributed by atoms with E-state index in [-0.39, 0.29) is 21.3 Å². The van der Waals surface area contributed by atoms with Gasteiger partial charge in [-0.05, 0) is 69.0 Å². The number of benzene rings is 2. The second-order valence-electron chi connectivity index (χ2n) is 5.70. The Morgan fingerprint density at radius 1 is 0.727 bits per heavy atom. The fraction of sp³-hybridized carbons (Fsp3) is 0.294. The highest BCUT2D eigenvalue weighted by Crippen LogP contribution is 2.36. The van der Waals surface area contributed by atoms with Gasteiger partial charge in [0.15, 0.2) is 0 Å². The van der Waals surface area contributed by atoms with Crippen LogP contribution in [0, 0.1) is 34.6 Å².